The van der Waals surface area contributed by atoms with Crippen molar-refractivity contribution in [2.45, 2.75) is 19.8 Å². The molecular formula is C18H21FN2O3S. The third kappa shape index (κ3) is 4.28. The van der Waals surface area contributed by atoms with Gasteiger partial charge in [-0.05, 0) is 44.0 Å². The Balaban J connectivity index is 1.59. The van der Waals surface area contributed by atoms with Gasteiger partial charge in [0, 0.05) is 19.0 Å². The topological polar surface area (TPSA) is 51.7 Å². The van der Waals surface area contributed by atoms with Crippen LogP contribution in [-0.2, 0) is 0 Å². The molecule has 1 aromatic carbocycles. The van der Waals surface area contributed by atoms with Crippen molar-refractivity contribution in [3.05, 3.63) is 40.7 Å². The molecule has 0 N–H and O–H groups in total. The van der Waals surface area contributed by atoms with Crippen molar-refractivity contribution < 1.29 is 18.7 Å². The summed E-state index contributed by atoms with van der Waals surface area (Å²) in [6.07, 6.45) is 1.95. The Bertz CT molecular complexity index is 732. The van der Waals surface area contributed by atoms with Crippen molar-refractivity contribution in [3.8, 4) is 10.9 Å². The van der Waals surface area contributed by atoms with Crippen molar-refractivity contribution >= 4 is 17.2 Å². The minimum atomic E-state index is -0.280. The van der Waals surface area contributed by atoms with E-state index in [2.05, 4.69) is 4.98 Å². The molecular weight excluding hydrogens is 343 g/mol. The molecule has 0 aliphatic carbocycles. The lowest BCUT2D eigenvalue weighted by Gasteiger charge is -2.32. The molecule has 2 heterocycles. The number of aryl methyl sites for hydroxylation is 1. The molecule has 1 unspecified atom stereocenters. The number of benzene rings is 1. The van der Waals surface area contributed by atoms with Crippen LogP contribution in [-0.4, -0.2) is 42.6 Å². The van der Waals surface area contributed by atoms with Crippen LogP contribution in [0.4, 0.5) is 4.39 Å². The van der Waals surface area contributed by atoms with Gasteiger partial charge in [0.1, 0.15) is 16.4 Å². The highest BCUT2D eigenvalue weighted by Gasteiger charge is 2.27. The van der Waals surface area contributed by atoms with Gasteiger partial charge in [-0.3, -0.25) is 4.79 Å². The van der Waals surface area contributed by atoms with Gasteiger partial charge in [0.25, 0.3) is 11.1 Å². The molecule has 5 nitrogen and oxygen atoms in total. The summed E-state index contributed by atoms with van der Waals surface area (Å²) in [6, 6.07) is 6.00. The summed E-state index contributed by atoms with van der Waals surface area (Å²) in [5.41, 5.74) is 0.705. The number of piperidine rings is 1. The summed E-state index contributed by atoms with van der Waals surface area (Å²) in [6.45, 7) is 3.73. The molecule has 1 aliphatic heterocycles. The molecule has 1 aromatic heterocycles. The maximum atomic E-state index is 12.9. The highest BCUT2D eigenvalue weighted by Crippen LogP contribution is 2.27. The van der Waals surface area contributed by atoms with Crippen LogP contribution in [0.5, 0.6) is 10.9 Å². The normalized spacial score (nSPS) is 17.4. The van der Waals surface area contributed by atoms with E-state index in [0.29, 0.717) is 34.7 Å². The summed E-state index contributed by atoms with van der Waals surface area (Å²) >= 11 is 1.28. The maximum absolute atomic E-state index is 12.9. The van der Waals surface area contributed by atoms with Crippen molar-refractivity contribution in [2.24, 2.45) is 5.92 Å². The third-order valence-electron chi connectivity index (χ3n) is 4.25. The molecule has 3 rings (SSSR count). The number of hydrogen-bond donors (Lipinski definition) is 0. The molecule has 134 valence electrons. The minimum absolute atomic E-state index is 0.00443. The zero-order valence-corrected chi connectivity index (χ0v) is 15.1. The summed E-state index contributed by atoms with van der Waals surface area (Å²) < 4.78 is 23.8. The number of halogens is 1. The number of methoxy groups -OCH3 is 1. The first kappa shape index (κ1) is 17.7. The minimum Gasteiger partial charge on any atom is -0.493 e. The number of aromatic nitrogens is 1. The van der Waals surface area contributed by atoms with Crippen LogP contribution >= 0.6 is 11.3 Å². The molecule has 0 saturated carbocycles. The largest absolute Gasteiger partial charge is 0.493 e. The van der Waals surface area contributed by atoms with E-state index >= 15 is 0 Å². The van der Waals surface area contributed by atoms with Crippen molar-refractivity contribution in [2.75, 3.05) is 26.8 Å². The van der Waals surface area contributed by atoms with E-state index in [-0.39, 0.29) is 17.6 Å². The Morgan fingerprint density at radius 2 is 2.16 bits per heavy atom. The first-order chi connectivity index (χ1) is 12.1. The number of carbonyl (C=O) groups is 1. The van der Waals surface area contributed by atoms with E-state index in [0.717, 1.165) is 19.4 Å². The number of thiazole rings is 1. The Hall–Kier alpha value is -2.15. The Morgan fingerprint density at radius 1 is 1.40 bits per heavy atom. The van der Waals surface area contributed by atoms with Gasteiger partial charge in [-0.1, -0.05) is 11.3 Å². The van der Waals surface area contributed by atoms with Crippen LogP contribution < -0.4 is 9.47 Å². The molecule has 0 spiro atoms. The van der Waals surface area contributed by atoms with E-state index in [1.807, 2.05) is 11.8 Å². The lowest BCUT2D eigenvalue weighted by Crippen LogP contribution is -2.41. The van der Waals surface area contributed by atoms with E-state index < -0.39 is 0 Å². The fraction of sp³-hybridized carbons (Fsp3) is 0.444. The molecule has 1 atom stereocenters. The van der Waals surface area contributed by atoms with Crippen LogP contribution in [0.3, 0.4) is 0 Å². The monoisotopic (exact) mass is 364 g/mol. The average molecular weight is 364 g/mol. The molecule has 1 saturated heterocycles. The van der Waals surface area contributed by atoms with Crippen LogP contribution in [0.1, 0.15) is 28.2 Å². The predicted octanol–water partition coefficient (Wildman–Crippen LogP) is 3.53. The van der Waals surface area contributed by atoms with E-state index in [1.165, 1.54) is 23.5 Å². The number of hydrogen-bond acceptors (Lipinski definition) is 5. The second-order valence-electron chi connectivity index (χ2n) is 6.12. The Labute approximate surface area is 150 Å². The molecule has 25 heavy (non-hydrogen) atoms. The summed E-state index contributed by atoms with van der Waals surface area (Å²) in [4.78, 5) is 19.5. The molecule has 0 bridgehead atoms. The Morgan fingerprint density at radius 3 is 2.84 bits per heavy atom. The lowest BCUT2D eigenvalue weighted by molar-refractivity contribution is 0.0637. The molecule has 1 fully saturated rings. The molecule has 7 heteroatoms. The second-order valence-corrected chi connectivity index (χ2v) is 7.08. The smallest absolute Gasteiger partial charge is 0.273 e. The zero-order valence-electron chi connectivity index (χ0n) is 14.3. The van der Waals surface area contributed by atoms with Gasteiger partial charge in [-0.2, -0.15) is 0 Å². The highest BCUT2D eigenvalue weighted by atomic mass is 32.1. The van der Waals surface area contributed by atoms with Crippen molar-refractivity contribution in [1.82, 2.24) is 9.88 Å². The number of ether oxygens (including phenoxy) is 2. The van der Waals surface area contributed by atoms with Gasteiger partial charge in [-0.15, -0.1) is 0 Å². The van der Waals surface area contributed by atoms with Gasteiger partial charge in [0.15, 0.2) is 0 Å². The van der Waals surface area contributed by atoms with Crippen molar-refractivity contribution in [3.63, 3.8) is 0 Å². The number of rotatable bonds is 5. The molecule has 1 amide bonds. The van der Waals surface area contributed by atoms with Gasteiger partial charge in [0.2, 0.25) is 0 Å². The third-order valence-corrected chi connectivity index (χ3v) is 5.36. The SMILES string of the molecule is COc1nc(C)c(C(=O)N2CCCC(COc3ccc(F)cc3)C2)s1. The molecule has 1 aliphatic rings. The van der Waals surface area contributed by atoms with Crippen LogP contribution in [0.15, 0.2) is 24.3 Å². The maximum Gasteiger partial charge on any atom is 0.273 e. The summed E-state index contributed by atoms with van der Waals surface area (Å²) in [5, 5.41) is 0.508. The fourth-order valence-corrected chi connectivity index (χ4v) is 3.78. The summed E-state index contributed by atoms with van der Waals surface area (Å²) in [5.74, 6) is 0.632. The predicted molar refractivity (Wildman–Crippen MR) is 93.9 cm³/mol. The van der Waals surface area contributed by atoms with E-state index in [4.69, 9.17) is 9.47 Å². The van der Waals surface area contributed by atoms with Crippen LogP contribution in [0, 0.1) is 18.7 Å². The van der Waals surface area contributed by atoms with Gasteiger partial charge < -0.3 is 14.4 Å². The molecule has 0 radical (unpaired) electrons. The fourth-order valence-electron chi connectivity index (χ4n) is 2.93. The lowest BCUT2D eigenvalue weighted by atomic mass is 9.98. The van der Waals surface area contributed by atoms with Crippen LogP contribution in [0.25, 0.3) is 0 Å². The van der Waals surface area contributed by atoms with Gasteiger partial charge in [-0.25, -0.2) is 9.37 Å². The number of nitrogens with zero attached hydrogens (tertiary/aromatic N) is 2. The van der Waals surface area contributed by atoms with Crippen LogP contribution in [0.2, 0.25) is 0 Å². The highest BCUT2D eigenvalue weighted by molar-refractivity contribution is 7.15. The first-order valence-corrected chi connectivity index (χ1v) is 9.07. The number of amides is 1. The first-order valence-electron chi connectivity index (χ1n) is 8.26. The van der Waals surface area contributed by atoms with E-state index in [9.17, 15) is 9.18 Å². The number of likely N-dealkylation sites (tertiary alicyclic amines) is 1. The zero-order chi connectivity index (χ0) is 17.8. The number of carbonyl (C=O) groups excluding carboxylic acids is 1. The molecule has 2 aromatic rings. The van der Waals surface area contributed by atoms with E-state index in [1.54, 1.807) is 19.2 Å². The summed E-state index contributed by atoms with van der Waals surface area (Å²) in [7, 11) is 1.55. The van der Waals surface area contributed by atoms with Crippen molar-refractivity contribution in [1.29, 1.82) is 0 Å². The van der Waals surface area contributed by atoms with Gasteiger partial charge >= 0.3 is 0 Å². The van der Waals surface area contributed by atoms with Gasteiger partial charge in [0.05, 0.1) is 19.4 Å². The second kappa shape index (κ2) is 7.82. The standard InChI is InChI=1S/C18H21FN2O3S/c1-12-16(25-18(20-12)23-2)17(22)21-9-3-4-13(10-21)11-24-15-7-5-14(19)6-8-15/h5-8,13H,3-4,9-11H2,1-2H3. The Kier molecular flexibility index (Phi) is 5.53. The average Bonchev–Trinajstić information content (AvgIpc) is 3.02. The quantitative estimate of drug-likeness (QED) is 0.814.